The number of hydrogen-bond donors (Lipinski definition) is 2. The van der Waals surface area contributed by atoms with E-state index >= 15 is 0 Å². The van der Waals surface area contributed by atoms with Crippen molar-refractivity contribution in [3.05, 3.63) is 24.0 Å². The van der Waals surface area contributed by atoms with Crippen LogP contribution >= 0.6 is 0 Å². The van der Waals surface area contributed by atoms with Crippen molar-refractivity contribution in [2.24, 2.45) is 11.8 Å². The van der Waals surface area contributed by atoms with E-state index in [0.717, 1.165) is 42.7 Å². The van der Waals surface area contributed by atoms with E-state index in [2.05, 4.69) is 15.4 Å². The number of fused-ring (bicyclic) bond motifs is 1. The van der Waals surface area contributed by atoms with E-state index in [-0.39, 0.29) is 11.8 Å². The van der Waals surface area contributed by atoms with Gasteiger partial charge in [-0.1, -0.05) is 12.8 Å². The number of pyridine rings is 1. The van der Waals surface area contributed by atoms with Crippen LogP contribution in [0.3, 0.4) is 0 Å². The van der Waals surface area contributed by atoms with E-state index in [9.17, 15) is 9.90 Å². The van der Waals surface area contributed by atoms with Gasteiger partial charge in [0.25, 0.3) is 0 Å². The monoisotopic (exact) mass is 288 g/mol. The molecule has 1 aliphatic rings. The van der Waals surface area contributed by atoms with Crippen molar-refractivity contribution in [2.45, 2.75) is 32.6 Å². The number of anilines is 1. The van der Waals surface area contributed by atoms with E-state index in [0.29, 0.717) is 6.54 Å². The third-order valence-electron chi connectivity index (χ3n) is 4.30. The maximum atomic E-state index is 11.3. The Bertz CT molecular complexity index is 652. The number of carboxylic acid groups (broad SMARTS) is 1. The zero-order chi connectivity index (χ0) is 14.8. The second-order valence-electron chi connectivity index (χ2n) is 5.82. The van der Waals surface area contributed by atoms with Crippen molar-refractivity contribution in [3.8, 4) is 0 Å². The van der Waals surface area contributed by atoms with Crippen molar-refractivity contribution in [2.75, 3.05) is 11.9 Å². The Morgan fingerprint density at radius 3 is 3.05 bits per heavy atom. The minimum Gasteiger partial charge on any atom is -0.481 e. The lowest BCUT2D eigenvalue weighted by molar-refractivity contribution is -0.144. The van der Waals surface area contributed by atoms with Gasteiger partial charge >= 0.3 is 5.97 Å². The number of hydrogen-bond acceptors (Lipinski definition) is 4. The van der Waals surface area contributed by atoms with Gasteiger partial charge < -0.3 is 10.4 Å². The molecule has 0 aliphatic heterocycles. The van der Waals surface area contributed by atoms with Gasteiger partial charge in [-0.15, -0.1) is 0 Å². The summed E-state index contributed by atoms with van der Waals surface area (Å²) in [5, 5.41) is 16.9. The summed E-state index contributed by atoms with van der Waals surface area (Å²) in [7, 11) is 0. The zero-order valence-corrected chi connectivity index (χ0v) is 12.1. The number of aliphatic carboxylic acids is 1. The van der Waals surface area contributed by atoms with Crippen molar-refractivity contribution in [1.29, 1.82) is 0 Å². The molecule has 3 rings (SSSR count). The lowest BCUT2D eigenvalue weighted by Gasteiger charge is -2.28. The van der Waals surface area contributed by atoms with Gasteiger partial charge in [0, 0.05) is 6.54 Å². The summed E-state index contributed by atoms with van der Waals surface area (Å²) in [5.41, 5.74) is 1.91. The third kappa shape index (κ3) is 2.84. The standard InChI is InChI=1S/C15H20N4O2/c1-10-6-13(19-14(7-10)17-9-18-19)16-8-11-4-2-3-5-12(11)15(20)21/h6-7,9,11-12,16H,2-5,8H2,1H3,(H,20,21). The van der Waals surface area contributed by atoms with E-state index in [1.165, 1.54) is 6.33 Å². The van der Waals surface area contributed by atoms with Gasteiger partial charge in [-0.3, -0.25) is 4.79 Å². The molecule has 1 aliphatic carbocycles. The highest BCUT2D eigenvalue weighted by atomic mass is 16.4. The molecule has 21 heavy (non-hydrogen) atoms. The molecule has 0 amide bonds. The lowest BCUT2D eigenvalue weighted by Crippen LogP contribution is -2.32. The molecule has 2 N–H and O–H groups in total. The summed E-state index contributed by atoms with van der Waals surface area (Å²) >= 11 is 0. The molecule has 0 bridgehead atoms. The highest BCUT2D eigenvalue weighted by Gasteiger charge is 2.30. The van der Waals surface area contributed by atoms with E-state index in [4.69, 9.17) is 0 Å². The van der Waals surface area contributed by atoms with Gasteiger partial charge in [0.05, 0.1) is 5.92 Å². The molecule has 2 unspecified atom stereocenters. The topological polar surface area (TPSA) is 79.5 Å². The summed E-state index contributed by atoms with van der Waals surface area (Å²) in [6.45, 7) is 2.68. The Balaban J connectivity index is 1.76. The van der Waals surface area contributed by atoms with Gasteiger partial charge in [0.1, 0.15) is 12.1 Å². The fraction of sp³-hybridized carbons (Fsp3) is 0.533. The number of aromatic nitrogens is 3. The Kier molecular flexibility index (Phi) is 3.77. The highest BCUT2D eigenvalue weighted by Crippen LogP contribution is 2.30. The SMILES string of the molecule is Cc1cc(NCC2CCCCC2C(=O)O)n2ncnc2c1. The molecule has 0 spiro atoms. The first-order valence-corrected chi connectivity index (χ1v) is 7.42. The molecule has 0 radical (unpaired) electrons. The van der Waals surface area contributed by atoms with Crippen LogP contribution in [0.5, 0.6) is 0 Å². The van der Waals surface area contributed by atoms with E-state index < -0.39 is 5.97 Å². The van der Waals surface area contributed by atoms with Gasteiger partial charge in [0.15, 0.2) is 5.65 Å². The number of aryl methyl sites for hydroxylation is 1. The Morgan fingerprint density at radius 1 is 1.43 bits per heavy atom. The first-order valence-electron chi connectivity index (χ1n) is 7.42. The number of nitrogens with zero attached hydrogens (tertiary/aromatic N) is 3. The van der Waals surface area contributed by atoms with Crippen LogP contribution in [-0.2, 0) is 4.79 Å². The Labute approximate surface area is 123 Å². The number of carbonyl (C=O) groups is 1. The van der Waals surface area contributed by atoms with Crippen LogP contribution in [0.4, 0.5) is 5.82 Å². The van der Waals surface area contributed by atoms with Gasteiger partial charge in [-0.25, -0.2) is 4.98 Å². The van der Waals surface area contributed by atoms with Crippen molar-refractivity contribution in [1.82, 2.24) is 14.6 Å². The third-order valence-corrected chi connectivity index (χ3v) is 4.30. The summed E-state index contributed by atoms with van der Waals surface area (Å²) in [5.74, 6) is 0.145. The van der Waals surface area contributed by atoms with Crippen LogP contribution < -0.4 is 5.32 Å². The number of nitrogens with one attached hydrogen (secondary N) is 1. The molecule has 6 nitrogen and oxygen atoms in total. The van der Waals surface area contributed by atoms with Crippen LogP contribution in [-0.4, -0.2) is 32.2 Å². The molecule has 0 aromatic carbocycles. The molecule has 2 aromatic rings. The minimum absolute atomic E-state index is 0.176. The van der Waals surface area contributed by atoms with Gasteiger partial charge in [0.2, 0.25) is 0 Å². The molecule has 1 saturated carbocycles. The molecule has 1 fully saturated rings. The van der Waals surface area contributed by atoms with Crippen LogP contribution in [0.1, 0.15) is 31.2 Å². The molecule has 6 heteroatoms. The average Bonchev–Trinajstić information content (AvgIpc) is 2.93. The second kappa shape index (κ2) is 5.71. The van der Waals surface area contributed by atoms with Crippen LogP contribution in [0.2, 0.25) is 0 Å². The predicted octanol–water partition coefficient (Wildman–Crippen LogP) is 2.34. The van der Waals surface area contributed by atoms with Crippen molar-refractivity contribution in [3.63, 3.8) is 0 Å². The van der Waals surface area contributed by atoms with Crippen LogP contribution in [0.25, 0.3) is 5.65 Å². The first kappa shape index (κ1) is 13.9. The molecule has 112 valence electrons. The fourth-order valence-corrected chi connectivity index (χ4v) is 3.20. The maximum absolute atomic E-state index is 11.3. The number of rotatable bonds is 4. The summed E-state index contributed by atoms with van der Waals surface area (Å²) in [6, 6.07) is 3.99. The normalized spacial score (nSPS) is 22.3. The van der Waals surface area contributed by atoms with Crippen LogP contribution in [0, 0.1) is 18.8 Å². The fourth-order valence-electron chi connectivity index (χ4n) is 3.20. The second-order valence-corrected chi connectivity index (χ2v) is 5.82. The summed E-state index contributed by atoms with van der Waals surface area (Å²) in [4.78, 5) is 15.5. The summed E-state index contributed by atoms with van der Waals surface area (Å²) in [6.07, 6.45) is 5.42. The van der Waals surface area contributed by atoms with Gasteiger partial charge in [-0.05, 0) is 43.4 Å². The minimum atomic E-state index is -0.670. The van der Waals surface area contributed by atoms with E-state index in [1.807, 2.05) is 19.1 Å². The largest absolute Gasteiger partial charge is 0.481 e. The maximum Gasteiger partial charge on any atom is 0.306 e. The zero-order valence-electron chi connectivity index (χ0n) is 12.1. The smallest absolute Gasteiger partial charge is 0.306 e. The van der Waals surface area contributed by atoms with Crippen molar-refractivity contribution >= 4 is 17.4 Å². The summed E-state index contributed by atoms with van der Waals surface area (Å²) < 4.78 is 1.76. The molecular formula is C15H20N4O2. The molecule has 2 heterocycles. The Hall–Kier alpha value is -2.11. The number of carboxylic acids is 1. The molecule has 2 aromatic heterocycles. The molecule has 0 saturated heterocycles. The van der Waals surface area contributed by atoms with E-state index in [1.54, 1.807) is 4.52 Å². The lowest BCUT2D eigenvalue weighted by atomic mass is 9.79. The first-order chi connectivity index (χ1) is 10.1. The predicted molar refractivity (Wildman–Crippen MR) is 79.3 cm³/mol. The quantitative estimate of drug-likeness (QED) is 0.902. The van der Waals surface area contributed by atoms with Crippen LogP contribution in [0.15, 0.2) is 18.5 Å². The van der Waals surface area contributed by atoms with Gasteiger partial charge in [-0.2, -0.15) is 9.61 Å². The Morgan fingerprint density at radius 2 is 2.24 bits per heavy atom. The molecular weight excluding hydrogens is 268 g/mol. The average molecular weight is 288 g/mol. The highest BCUT2D eigenvalue weighted by molar-refractivity contribution is 5.70. The van der Waals surface area contributed by atoms with Crippen molar-refractivity contribution < 1.29 is 9.90 Å². The molecule has 2 atom stereocenters.